The van der Waals surface area contributed by atoms with Gasteiger partial charge in [-0.05, 0) is 42.5 Å². The summed E-state index contributed by atoms with van der Waals surface area (Å²) < 4.78 is 67.7. The molecule has 158 valence electrons. The van der Waals surface area contributed by atoms with Crippen molar-refractivity contribution in [3.05, 3.63) is 65.6 Å². The highest BCUT2D eigenvalue weighted by molar-refractivity contribution is 7.90. The van der Waals surface area contributed by atoms with Gasteiger partial charge in [0, 0.05) is 24.7 Å². The summed E-state index contributed by atoms with van der Waals surface area (Å²) in [6, 6.07) is 7.50. The monoisotopic (exact) mass is 434 g/mol. The summed E-state index contributed by atoms with van der Waals surface area (Å²) in [4.78, 5) is 6.01. The van der Waals surface area contributed by atoms with Crippen molar-refractivity contribution in [1.29, 1.82) is 0 Å². The van der Waals surface area contributed by atoms with Crippen LogP contribution in [0.25, 0.3) is 10.9 Å². The Kier molecular flexibility index (Phi) is 5.44. The Hall–Kier alpha value is -2.61. The Morgan fingerprint density at radius 3 is 2.47 bits per heavy atom. The molecule has 30 heavy (non-hydrogen) atoms. The van der Waals surface area contributed by atoms with E-state index in [4.69, 9.17) is 0 Å². The standard InChI is InChI=1S/C22H21F3N2O2S/c1-14-7-9-27(10-8-14)22-16-3-2-4-18(24)21(16)26-12-20(22)30(28,29)13-15-5-6-17(23)19(25)11-15/h2-6,11-12,14H,7-10,13H2,1H3. The van der Waals surface area contributed by atoms with E-state index in [1.165, 1.54) is 24.4 Å². The van der Waals surface area contributed by atoms with Gasteiger partial charge in [-0.1, -0.05) is 25.1 Å². The van der Waals surface area contributed by atoms with Gasteiger partial charge in [-0.3, -0.25) is 4.98 Å². The van der Waals surface area contributed by atoms with E-state index in [9.17, 15) is 21.6 Å². The van der Waals surface area contributed by atoms with Gasteiger partial charge in [-0.25, -0.2) is 21.6 Å². The molecule has 0 aliphatic carbocycles. The summed E-state index contributed by atoms with van der Waals surface area (Å²) in [6.45, 7) is 3.43. The van der Waals surface area contributed by atoms with Crippen molar-refractivity contribution in [3.63, 3.8) is 0 Å². The number of rotatable bonds is 4. The van der Waals surface area contributed by atoms with Crippen LogP contribution < -0.4 is 4.90 Å². The molecule has 1 aromatic heterocycles. The molecule has 1 aliphatic heterocycles. The number of hydrogen-bond donors (Lipinski definition) is 0. The van der Waals surface area contributed by atoms with E-state index in [0.29, 0.717) is 30.1 Å². The van der Waals surface area contributed by atoms with Crippen molar-refractivity contribution in [1.82, 2.24) is 4.98 Å². The Morgan fingerprint density at radius 2 is 1.77 bits per heavy atom. The third-order valence-corrected chi connectivity index (χ3v) is 7.24. The molecule has 3 aromatic rings. The Bertz CT molecular complexity index is 1210. The van der Waals surface area contributed by atoms with Gasteiger partial charge >= 0.3 is 0 Å². The molecule has 0 amide bonds. The predicted molar refractivity (Wildman–Crippen MR) is 110 cm³/mol. The second-order valence-electron chi connectivity index (χ2n) is 7.78. The van der Waals surface area contributed by atoms with E-state index in [-0.39, 0.29) is 16.0 Å². The van der Waals surface area contributed by atoms with Crippen molar-refractivity contribution in [3.8, 4) is 0 Å². The zero-order valence-electron chi connectivity index (χ0n) is 16.4. The molecule has 4 rings (SSSR count). The first kappa shape index (κ1) is 20.7. The summed E-state index contributed by atoms with van der Waals surface area (Å²) in [7, 11) is -3.96. The minimum Gasteiger partial charge on any atom is -0.370 e. The molecule has 1 saturated heterocycles. The minimum absolute atomic E-state index is 0.0279. The van der Waals surface area contributed by atoms with Crippen LogP contribution in [0.4, 0.5) is 18.9 Å². The smallest absolute Gasteiger partial charge is 0.186 e. The van der Waals surface area contributed by atoms with Crippen molar-refractivity contribution in [2.24, 2.45) is 5.92 Å². The minimum atomic E-state index is -3.96. The molecule has 0 unspecified atom stereocenters. The molecule has 2 heterocycles. The third-order valence-electron chi connectivity index (χ3n) is 5.56. The van der Waals surface area contributed by atoms with E-state index in [1.54, 1.807) is 6.07 Å². The normalized spacial score (nSPS) is 15.7. The lowest BCUT2D eigenvalue weighted by atomic mass is 9.98. The van der Waals surface area contributed by atoms with Crippen molar-refractivity contribution in [2.75, 3.05) is 18.0 Å². The number of aromatic nitrogens is 1. The summed E-state index contributed by atoms with van der Waals surface area (Å²) in [5.41, 5.74) is 0.665. The summed E-state index contributed by atoms with van der Waals surface area (Å²) in [5, 5.41) is 0.427. The van der Waals surface area contributed by atoms with E-state index < -0.39 is 33.0 Å². The number of pyridine rings is 1. The van der Waals surface area contributed by atoms with Gasteiger partial charge in [0.1, 0.15) is 16.2 Å². The zero-order valence-corrected chi connectivity index (χ0v) is 17.2. The van der Waals surface area contributed by atoms with Crippen LogP contribution in [0.15, 0.2) is 47.5 Å². The first-order valence-corrected chi connectivity index (χ1v) is 11.4. The van der Waals surface area contributed by atoms with Crippen LogP contribution in [0.5, 0.6) is 0 Å². The lowest BCUT2D eigenvalue weighted by Gasteiger charge is -2.34. The van der Waals surface area contributed by atoms with E-state index in [0.717, 1.165) is 25.0 Å². The fourth-order valence-corrected chi connectivity index (χ4v) is 5.39. The average molecular weight is 434 g/mol. The first-order chi connectivity index (χ1) is 14.3. The number of anilines is 1. The SMILES string of the molecule is CC1CCN(c2c(S(=O)(=O)Cc3ccc(F)c(F)c3)cnc3c(F)cccc23)CC1. The van der Waals surface area contributed by atoms with Crippen molar-refractivity contribution in [2.45, 2.75) is 30.4 Å². The number of piperidine rings is 1. The van der Waals surface area contributed by atoms with Gasteiger partial charge in [0.15, 0.2) is 21.5 Å². The van der Waals surface area contributed by atoms with Crippen LogP contribution >= 0.6 is 0 Å². The number of halogens is 3. The Morgan fingerprint density at radius 1 is 1.03 bits per heavy atom. The van der Waals surface area contributed by atoms with Gasteiger partial charge in [0.05, 0.1) is 11.4 Å². The molecule has 0 radical (unpaired) electrons. The number of para-hydroxylation sites is 1. The number of hydrogen-bond acceptors (Lipinski definition) is 4. The predicted octanol–water partition coefficient (Wildman–Crippen LogP) is 4.86. The number of fused-ring (bicyclic) bond motifs is 1. The highest BCUT2D eigenvalue weighted by atomic mass is 32.2. The lowest BCUT2D eigenvalue weighted by molar-refractivity contribution is 0.437. The van der Waals surface area contributed by atoms with Gasteiger partial charge in [-0.2, -0.15) is 0 Å². The quantitative estimate of drug-likeness (QED) is 0.588. The second kappa shape index (κ2) is 7.91. The van der Waals surface area contributed by atoms with Crippen LogP contribution in [0, 0.1) is 23.4 Å². The summed E-state index contributed by atoms with van der Waals surface area (Å²) in [6.07, 6.45) is 2.96. The molecule has 2 aromatic carbocycles. The average Bonchev–Trinajstić information content (AvgIpc) is 2.71. The maximum absolute atomic E-state index is 14.3. The topological polar surface area (TPSA) is 50.3 Å². The molecule has 0 bridgehead atoms. The molecule has 0 N–H and O–H groups in total. The van der Waals surface area contributed by atoms with Crippen LogP contribution in [-0.2, 0) is 15.6 Å². The van der Waals surface area contributed by atoms with Crippen molar-refractivity contribution < 1.29 is 21.6 Å². The highest BCUT2D eigenvalue weighted by Gasteiger charge is 2.28. The highest BCUT2D eigenvalue weighted by Crippen LogP contribution is 2.37. The lowest BCUT2D eigenvalue weighted by Crippen LogP contribution is -2.34. The number of sulfone groups is 1. The van der Waals surface area contributed by atoms with Crippen LogP contribution in [0.1, 0.15) is 25.3 Å². The largest absolute Gasteiger partial charge is 0.370 e. The van der Waals surface area contributed by atoms with Crippen molar-refractivity contribution >= 4 is 26.4 Å². The Labute approximate surface area is 173 Å². The molecule has 0 saturated carbocycles. The third kappa shape index (κ3) is 3.88. The first-order valence-electron chi connectivity index (χ1n) is 9.75. The molecular formula is C22H21F3N2O2S. The summed E-state index contributed by atoms with van der Waals surface area (Å²) in [5.74, 6) is -2.66. The molecule has 0 spiro atoms. The Balaban J connectivity index is 1.84. The van der Waals surface area contributed by atoms with Crippen LogP contribution in [0.2, 0.25) is 0 Å². The van der Waals surface area contributed by atoms with E-state index in [1.807, 2.05) is 4.90 Å². The maximum Gasteiger partial charge on any atom is 0.186 e. The fraction of sp³-hybridized carbons (Fsp3) is 0.318. The molecule has 8 heteroatoms. The van der Waals surface area contributed by atoms with Gasteiger partial charge < -0.3 is 4.90 Å². The van der Waals surface area contributed by atoms with Gasteiger partial charge in [-0.15, -0.1) is 0 Å². The van der Waals surface area contributed by atoms with Gasteiger partial charge in [0.25, 0.3) is 0 Å². The maximum atomic E-state index is 14.3. The van der Waals surface area contributed by atoms with Crippen LogP contribution in [-0.4, -0.2) is 26.5 Å². The number of benzene rings is 2. The van der Waals surface area contributed by atoms with E-state index in [2.05, 4.69) is 11.9 Å². The molecular weight excluding hydrogens is 413 g/mol. The fourth-order valence-electron chi connectivity index (χ4n) is 3.87. The second-order valence-corrected chi connectivity index (χ2v) is 9.74. The molecule has 1 aliphatic rings. The van der Waals surface area contributed by atoms with E-state index >= 15 is 0 Å². The van der Waals surface area contributed by atoms with Crippen LogP contribution in [0.3, 0.4) is 0 Å². The molecule has 4 nitrogen and oxygen atoms in total. The molecule has 1 fully saturated rings. The zero-order chi connectivity index (χ0) is 21.5. The molecule has 0 atom stereocenters. The van der Waals surface area contributed by atoms with Gasteiger partial charge in [0.2, 0.25) is 0 Å². The number of nitrogens with zero attached hydrogens (tertiary/aromatic N) is 2. The summed E-state index contributed by atoms with van der Waals surface area (Å²) >= 11 is 0.